The molecule has 0 heterocycles. The molecule has 0 unspecified atom stereocenters. The summed E-state index contributed by atoms with van der Waals surface area (Å²) in [5, 5.41) is 0. The van der Waals surface area contributed by atoms with Gasteiger partial charge in [-0.2, -0.15) is 0 Å². The summed E-state index contributed by atoms with van der Waals surface area (Å²) in [5.74, 6) is -0.434. The van der Waals surface area contributed by atoms with Crippen molar-refractivity contribution in [3.05, 3.63) is 35.9 Å². The first-order valence-electron chi connectivity index (χ1n) is 5.18. The normalized spacial score (nSPS) is 12.1. The maximum atomic E-state index is 11.5. The molecular formula is C12H17NO2. The zero-order chi connectivity index (χ0) is 11.1. The third-order valence-electron chi connectivity index (χ3n) is 2.23. The van der Waals surface area contributed by atoms with Crippen LogP contribution in [0.15, 0.2) is 30.3 Å². The summed E-state index contributed by atoms with van der Waals surface area (Å²) in [4.78, 5) is 11.5. The van der Waals surface area contributed by atoms with Crippen molar-refractivity contribution in [3.63, 3.8) is 0 Å². The minimum absolute atomic E-state index is 0.205. The Balaban J connectivity index is 2.58. The lowest BCUT2D eigenvalue weighted by Gasteiger charge is -2.13. The second-order valence-corrected chi connectivity index (χ2v) is 3.37. The van der Waals surface area contributed by atoms with E-state index in [4.69, 9.17) is 10.5 Å². The molecule has 1 rings (SSSR count). The average molecular weight is 207 g/mol. The van der Waals surface area contributed by atoms with Gasteiger partial charge in [0.2, 0.25) is 0 Å². The number of hydrogen-bond donors (Lipinski definition) is 1. The van der Waals surface area contributed by atoms with E-state index in [0.29, 0.717) is 19.6 Å². The van der Waals surface area contributed by atoms with Crippen LogP contribution in [0, 0.1) is 5.92 Å². The molecule has 0 aliphatic rings. The number of hydrogen-bond acceptors (Lipinski definition) is 3. The maximum Gasteiger partial charge on any atom is 0.310 e. The zero-order valence-electron chi connectivity index (χ0n) is 8.98. The van der Waals surface area contributed by atoms with Crippen LogP contribution in [0.4, 0.5) is 0 Å². The van der Waals surface area contributed by atoms with Crippen LogP contribution >= 0.6 is 0 Å². The van der Waals surface area contributed by atoms with Crippen molar-refractivity contribution in [2.24, 2.45) is 11.7 Å². The minimum Gasteiger partial charge on any atom is -0.466 e. The molecule has 0 aliphatic heterocycles. The van der Waals surface area contributed by atoms with Crippen LogP contribution in [-0.2, 0) is 16.0 Å². The van der Waals surface area contributed by atoms with Gasteiger partial charge in [-0.1, -0.05) is 30.3 Å². The van der Waals surface area contributed by atoms with E-state index in [-0.39, 0.29) is 11.9 Å². The highest BCUT2D eigenvalue weighted by atomic mass is 16.5. The molecule has 0 aromatic heterocycles. The predicted molar refractivity (Wildman–Crippen MR) is 59.3 cm³/mol. The van der Waals surface area contributed by atoms with Gasteiger partial charge in [0, 0.05) is 6.54 Å². The molecule has 0 bridgehead atoms. The predicted octanol–water partition coefficient (Wildman–Crippen LogP) is 1.37. The Hall–Kier alpha value is -1.35. The van der Waals surface area contributed by atoms with Crippen LogP contribution in [0.2, 0.25) is 0 Å². The van der Waals surface area contributed by atoms with Crippen LogP contribution in [0.25, 0.3) is 0 Å². The summed E-state index contributed by atoms with van der Waals surface area (Å²) in [7, 11) is 0. The van der Waals surface area contributed by atoms with Crippen molar-refractivity contribution in [2.45, 2.75) is 13.3 Å². The van der Waals surface area contributed by atoms with E-state index >= 15 is 0 Å². The molecule has 2 N–H and O–H groups in total. The Bertz CT molecular complexity index is 298. The number of carbonyl (C=O) groups excluding carboxylic acids is 1. The highest BCUT2D eigenvalue weighted by Crippen LogP contribution is 2.09. The molecule has 0 amide bonds. The third kappa shape index (κ3) is 3.72. The van der Waals surface area contributed by atoms with Crippen LogP contribution in [0.3, 0.4) is 0 Å². The Morgan fingerprint density at radius 3 is 2.60 bits per heavy atom. The first-order chi connectivity index (χ1) is 7.27. The average Bonchev–Trinajstić information content (AvgIpc) is 2.27. The van der Waals surface area contributed by atoms with Crippen molar-refractivity contribution >= 4 is 5.97 Å². The summed E-state index contributed by atoms with van der Waals surface area (Å²) >= 11 is 0. The Kier molecular flexibility index (Phi) is 4.84. The van der Waals surface area contributed by atoms with E-state index in [1.165, 1.54) is 0 Å². The van der Waals surface area contributed by atoms with Crippen LogP contribution in [0.5, 0.6) is 0 Å². The fourth-order valence-electron chi connectivity index (χ4n) is 1.42. The molecule has 15 heavy (non-hydrogen) atoms. The second-order valence-electron chi connectivity index (χ2n) is 3.37. The number of benzene rings is 1. The summed E-state index contributed by atoms with van der Waals surface area (Å²) in [6.07, 6.45) is 0.649. The number of carbonyl (C=O) groups is 1. The summed E-state index contributed by atoms with van der Waals surface area (Å²) in [5.41, 5.74) is 6.66. The van der Waals surface area contributed by atoms with Gasteiger partial charge < -0.3 is 10.5 Å². The van der Waals surface area contributed by atoms with Gasteiger partial charge in [-0.3, -0.25) is 4.79 Å². The van der Waals surface area contributed by atoms with Crippen molar-refractivity contribution in [2.75, 3.05) is 13.2 Å². The van der Waals surface area contributed by atoms with Gasteiger partial charge in [0.05, 0.1) is 12.5 Å². The lowest BCUT2D eigenvalue weighted by Crippen LogP contribution is -2.27. The molecule has 0 saturated heterocycles. The molecular weight excluding hydrogens is 190 g/mol. The van der Waals surface area contributed by atoms with E-state index < -0.39 is 0 Å². The molecule has 1 atom stereocenters. The van der Waals surface area contributed by atoms with E-state index in [9.17, 15) is 4.79 Å². The van der Waals surface area contributed by atoms with Crippen molar-refractivity contribution < 1.29 is 9.53 Å². The molecule has 1 aromatic rings. The first kappa shape index (κ1) is 11.7. The maximum absolute atomic E-state index is 11.5. The number of ether oxygens (including phenoxy) is 1. The quantitative estimate of drug-likeness (QED) is 0.742. The largest absolute Gasteiger partial charge is 0.466 e. The van der Waals surface area contributed by atoms with Crippen molar-refractivity contribution in [1.82, 2.24) is 0 Å². The summed E-state index contributed by atoms with van der Waals surface area (Å²) < 4.78 is 4.95. The number of rotatable bonds is 5. The molecule has 3 nitrogen and oxygen atoms in total. The smallest absolute Gasteiger partial charge is 0.310 e. The van der Waals surface area contributed by atoms with E-state index in [2.05, 4.69) is 0 Å². The monoisotopic (exact) mass is 207 g/mol. The number of esters is 1. The fourth-order valence-corrected chi connectivity index (χ4v) is 1.42. The summed E-state index contributed by atoms with van der Waals surface area (Å²) in [6, 6.07) is 9.83. The van der Waals surface area contributed by atoms with Gasteiger partial charge in [-0.25, -0.2) is 0 Å². The van der Waals surface area contributed by atoms with E-state index in [1.807, 2.05) is 30.3 Å². The molecule has 0 spiro atoms. The van der Waals surface area contributed by atoms with Gasteiger partial charge in [0.15, 0.2) is 0 Å². The van der Waals surface area contributed by atoms with Crippen molar-refractivity contribution in [3.8, 4) is 0 Å². The van der Waals surface area contributed by atoms with Gasteiger partial charge >= 0.3 is 5.97 Å². The van der Waals surface area contributed by atoms with Crippen molar-refractivity contribution in [1.29, 1.82) is 0 Å². The topological polar surface area (TPSA) is 52.3 Å². The fraction of sp³-hybridized carbons (Fsp3) is 0.417. The van der Waals surface area contributed by atoms with Gasteiger partial charge in [-0.05, 0) is 18.9 Å². The molecule has 0 saturated carbocycles. The highest BCUT2D eigenvalue weighted by Gasteiger charge is 2.17. The van der Waals surface area contributed by atoms with E-state index in [1.54, 1.807) is 6.92 Å². The first-order valence-corrected chi connectivity index (χ1v) is 5.18. The zero-order valence-corrected chi connectivity index (χ0v) is 8.98. The Morgan fingerprint density at radius 1 is 1.40 bits per heavy atom. The second kappa shape index (κ2) is 6.19. The van der Waals surface area contributed by atoms with Crippen LogP contribution in [-0.4, -0.2) is 19.1 Å². The van der Waals surface area contributed by atoms with Gasteiger partial charge in [-0.15, -0.1) is 0 Å². The van der Waals surface area contributed by atoms with Crippen LogP contribution in [0.1, 0.15) is 12.5 Å². The third-order valence-corrected chi connectivity index (χ3v) is 2.23. The van der Waals surface area contributed by atoms with Gasteiger partial charge in [0.1, 0.15) is 0 Å². The molecule has 0 fully saturated rings. The van der Waals surface area contributed by atoms with E-state index in [0.717, 1.165) is 5.56 Å². The van der Waals surface area contributed by atoms with Gasteiger partial charge in [0.25, 0.3) is 0 Å². The Morgan fingerprint density at radius 2 is 2.07 bits per heavy atom. The molecule has 1 aromatic carbocycles. The standard InChI is InChI=1S/C12H17NO2/c1-2-15-12(14)11(9-13)8-10-6-4-3-5-7-10/h3-7,11H,2,8-9,13H2,1H3/t11-/m1/s1. The molecule has 0 aliphatic carbocycles. The minimum atomic E-state index is -0.229. The molecule has 82 valence electrons. The van der Waals surface area contributed by atoms with Crippen LogP contribution < -0.4 is 5.73 Å². The highest BCUT2D eigenvalue weighted by molar-refractivity contribution is 5.73. The SMILES string of the molecule is CCOC(=O)[C@@H](CN)Cc1ccccc1. The summed E-state index contributed by atoms with van der Waals surface area (Å²) in [6.45, 7) is 2.53. The number of nitrogens with two attached hydrogens (primary N) is 1. The molecule has 3 heteroatoms. The lowest BCUT2D eigenvalue weighted by molar-refractivity contribution is -0.147. The molecule has 0 radical (unpaired) electrons. The Labute approximate surface area is 90.2 Å². The lowest BCUT2D eigenvalue weighted by atomic mass is 10.00.